The largest absolute Gasteiger partial charge is 0.338 e. The molecule has 1 radical (unpaired) electrons. The molecule has 1 fully saturated rings. The van der Waals surface area contributed by atoms with Crippen LogP contribution >= 0.6 is 0 Å². The first-order valence-electron chi connectivity index (χ1n) is 4.28. The molecule has 1 unspecified atom stereocenters. The van der Waals surface area contributed by atoms with E-state index in [1.165, 1.54) is 0 Å². The Morgan fingerprint density at radius 3 is 3.00 bits per heavy atom. The van der Waals surface area contributed by atoms with E-state index in [4.69, 9.17) is 0 Å². The summed E-state index contributed by atoms with van der Waals surface area (Å²) in [5.41, 5.74) is 1.08. The smallest absolute Gasteiger partial charge is 0.223 e. The van der Waals surface area contributed by atoms with Gasteiger partial charge in [0.1, 0.15) is 0 Å². The fraction of sp³-hybridized carbons (Fsp3) is 0.300. The van der Waals surface area contributed by atoms with Gasteiger partial charge in [-0.3, -0.25) is 9.78 Å². The molecule has 0 saturated carbocycles. The molecule has 1 amide bonds. The molecular weight excluding hydrogens is 164 g/mol. The summed E-state index contributed by atoms with van der Waals surface area (Å²) in [7, 11) is 1.82. The lowest BCUT2D eigenvalue weighted by atomic mass is 10.1. The summed E-state index contributed by atoms with van der Waals surface area (Å²) in [6.07, 6.45) is 6.09. The van der Waals surface area contributed by atoms with Crippen LogP contribution in [0, 0.1) is 6.42 Å². The number of carbonyl (C=O) groups excluding carboxylic acids is 1. The zero-order valence-corrected chi connectivity index (χ0v) is 7.47. The molecule has 1 aliphatic heterocycles. The number of carbonyl (C=O) groups is 1. The first kappa shape index (κ1) is 8.23. The average Bonchev–Trinajstić information content (AvgIpc) is 2.49. The minimum absolute atomic E-state index is 0.112. The SMILES string of the molecule is CN1C(=O)C[CH]C1c1cccnc1. The monoisotopic (exact) mass is 175 g/mol. The lowest BCUT2D eigenvalue weighted by Gasteiger charge is -2.19. The van der Waals surface area contributed by atoms with Crippen LogP contribution in [-0.2, 0) is 4.79 Å². The van der Waals surface area contributed by atoms with Crippen molar-refractivity contribution in [1.82, 2.24) is 9.88 Å². The zero-order chi connectivity index (χ0) is 9.26. The molecule has 0 bridgehead atoms. The summed E-state index contributed by atoms with van der Waals surface area (Å²) in [5.74, 6) is 0.175. The molecule has 0 spiro atoms. The van der Waals surface area contributed by atoms with Gasteiger partial charge in [-0.25, -0.2) is 0 Å². The Hall–Kier alpha value is -1.38. The highest BCUT2D eigenvalue weighted by Gasteiger charge is 2.28. The summed E-state index contributed by atoms with van der Waals surface area (Å²) >= 11 is 0. The second-order valence-corrected chi connectivity index (χ2v) is 3.18. The predicted octanol–water partition coefficient (Wildman–Crippen LogP) is 1.19. The summed E-state index contributed by atoms with van der Waals surface area (Å²) in [6.45, 7) is 0. The molecule has 0 aliphatic carbocycles. The summed E-state index contributed by atoms with van der Waals surface area (Å²) in [4.78, 5) is 17.0. The minimum atomic E-state index is 0.112. The predicted molar refractivity (Wildman–Crippen MR) is 48.7 cm³/mol. The fourth-order valence-corrected chi connectivity index (χ4v) is 1.58. The van der Waals surface area contributed by atoms with Gasteiger partial charge in [0, 0.05) is 25.9 Å². The molecule has 3 heteroatoms. The molecule has 1 saturated heterocycles. The van der Waals surface area contributed by atoms with E-state index >= 15 is 0 Å². The number of likely N-dealkylation sites (tertiary alicyclic amines) is 1. The Bertz CT molecular complexity index is 310. The maximum Gasteiger partial charge on any atom is 0.223 e. The number of pyridine rings is 1. The number of hydrogen-bond donors (Lipinski definition) is 0. The van der Waals surface area contributed by atoms with Crippen molar-refractivity contribution in [1.29, 1.82) is 0 Å². The van der Waals surface area contributed by atoms with E-state index in [-0.39, 0.29) is 11.9 Å². The third kappa shape index (κ3) is 1.41. The Balaban J connectivity index is 2.24. The Morgan fingerprint density at radius 1 is 1.62 bits per heavy atom. The van der Waals surface area contributed by atoms with Crippen molar-refractivity contribution in [2.75, 3.05) is 7.05 Å². The number of aromatic nitrogens is 1. The van der Waals surface area contributed by atoms with Crippen LogP contribution in [-0.4, -0.2) is 22.8 Å². The number of hydrogen-bond acceptors (Lipinski definition) is 2. The first-order chi connectivity index (χ1) is 6.29. The van der Waals surface area contributed by atoms with Gasteiger partial charge >= 0.3 is 0 Å². The summed E-state index contributed by atoms with van der Waals surface area (Å²) in [5, 5.41) is 0. The highest BCUT2D eigenvalue weighted by atomic mass is 16.2. The van der Waals surface area contributed by atoms with Crippen molar-refractivity contribution in [2.24, 2.45) is 0 Å². The topological polar surface area (TPSA) is 33.2 Å². The van der Waals surface area contributed by atoms with E-state index in [9.17, 15) is 4.79 Å². The average molecular weight is 175 g/mol. The fourth-order valence-electron chi connectivity index (χ4n) is 1.58. The van der Waals surface area contributed by atoms with E-state index in [0.29, 0.717) is 6.42 Å². The second-order valence-electron chi connectivity index (χ2n) is 3.18. The van der Waals surface area contributed by atoms with E-state index in [1.54, 1.807) is 17.3 Å². The quantitative estimate of drug-likeness (QED) is 0.642. The van der Waals surface area contributed by atoms with Crippen LogP contribution in [0.2, 0.25) is 0 Å². The minimum Gasteiger partial charge on any atom is -0.338 e. The van der Waals surface area contributed by atoms with Crippen LogP contribution in [0.3, 0.4) is 0 Å². The van der Waals surface area contributed by atoms with Crippen LogP contribution < -0.4 is 0 Å². The van der Waals surface area contributed by atoms with Gasteiger partial charge < -0.3 is 4.90 Å². The van der Waals surface area contributed by atoms with Crippen molar-refractivity contribution in [3.05, 3.63) is 36.5 Å². The number of rotatable bonds is 1. The van der Waals surface area contributed by atoms with Gasteiger partial charge in [-0.1, -0.05) is 6.07 Å². The van der Waals surface area contributed by atoms with Crippen LogP contribution in [0.15, 0.2) is 24.5 Å². The molecule has 1 aliphatic rings. The second kappa shape index (κ2) is 3.17. The molecule has 13 heavy (non-hydrogen) atoms. The van der Waals surface area contributed by atoms with Crippen molar-refractivity contribution in [3.63, 3.8) is 0 Å². The van der Waals surface area contributed by atoms with Crippen molar-refractivity contribution < 1.29 is 4.79 Å². The Morgan fingerprint density at radius 2 is 2.46 bits per heavy atom. The zero-order valence-electron chi connectivity index (χ0n) is 7.47. The Kier molecular flexibility index (Phi) is 2.00. The van der Waals surface area contributed by atoms with Gasteiger partial charge in [-0.15, -0.1) is 0 Å². The van der Waals surface area contributed by atoms with E-state index in [2.05, 4.69) is 4.98 Å². The molecule has 1 aromatic rings. The van der Waals surface area contributed by atoms with Gasteiger partial charge in [0.15, 0.2) is 0 Å². The maximum atomic E-state index is 11.2. The Labute approximate surface area is 77.4 Å². The van der Waals surface area contributed by atoms with Crippen molar-refractivity contribution in [3.8, 4) is 0 Å². The lowest BCUT2D eigenvalue weighted by molar-refractivity contribution is -0.127. The molecule has 0 N–H and O–H groups in total. The number of amides is 1. The van der Waals surface area contributed by atoms with Gasteiger partial charge in [-0.05, 0) is 18.1 Å². The molecule has 1 aromatic heterocycles. The van der Waals surface area contributed by atoms with Gasteiger partial charge in [0.25, 0.3) is 0 Å². The molecule has 0 aromatic carbocycles. The van der Waals surface area contributed by atoms with E-state index < -0.39 is 0 Å². The van der Waals surface area contributed by atoms with Gasteiger partial charge in [-0.2, -0.15) is 0 Å². The van der Waals surface area contributed by atoms with Crippen LogP contribution in [0.1, 0.15) is 18.0 Å². The lowest BCUT2D eigenvalue weighted by Crippen LogP contribution is -2.22. The van der Waals surface area contributed by atoms with Gasteiger partial charge in [0.2, 0.25) is 5.91 Å². The highest BCUT2D eigenvalue weighted by Crippen LogP contribution is 2.29. The van der Waals surface area contributed by atoms with Crippen LogP contribution in [0.25, 0.3) is 0 Å². The van der Waals surface area contributed by atoms with Gasteiger partial charge in [0.05, 0.1) is 6.04 Å². The standard InChI is InChI=1S/C10H11N2O/c1-12-9(4-5-10(12)13)8-3-2-6-11-7-8/h2-4,6-7,9H,5H2,1H3. The maximum absolute atomic E-state index is 11.2. The normalized spacial score (nSPS) is 22.4. The molecule has 1 atom stereocenters. The van der Waals surface area contributed by atoms with Crippen LogP contribution in [0.5, 0.6) is 0 Å². The highest BCUT2D eigenvalue weighted by molar-refractivity contribution is 5.80. The molecular formula is C10H11N2O. The van der Waals surface area contributed by atoms with Crippen molar-refractivity contribution in [2.45, 2.75) is 12.5 Å². The molecule has 3 nitrogen and oxygen atoms in total. The first-order valence-corrected chi connectivity index (χ1v) is 4.28. The molecule has 2 rings (SSSR count). The van der Waals surface area contributed by atoms with E-state index in [1.807, 2.05) is 25.6 Å². The molecule has 2 heterocycles. The third-order valence-corrected chi connectivity index (χ3v) is 2.35. The molecule has 67 valence electrons. The van der Waals surface area contributed by atoms with Crippen molar-refractivity contribution >= 4 is 5.91 Å². The van der Waals surface area contributed by atoms with E-state index in [0.717, 1.165) is 5.56 Å². The number of nitrogens with zero attached hydrogens (tertiary/aromatic N) is 2. The third-order valence-electron chi connectivity index (χ3n) is 2.35. The summed E-state index contributed by atoms with van der Waals surface area (Å²) < 4.78 is 0. The summed E-state index contributed by atoms with van der Waals surface area (Å²) in [6, 6.07) is 3.99. The van der Waals surface area contributed by atoms with Crippen LogP contribution in [0.4, 0.5) is 0 Å².